The first-order valence-corrected chi connectivity index (χ1v) is 8.55. The molecule has 2 fully saturated rings. The maximum Gasteiger partial charge on any atom is 0.246 e. The third kappa shape index (κ3) is 4.41. The van der Waals surface area contributed by atoms with E-state index in [4.69, 9.17) is 0 Å². The van der Waals surface area contributed by atoms with Crippen LogP contribution in [0.3, 0.4) is 0 Å². The van der Waals surface area contributed by atoms with Gasteiger partial charge in [-0.05, 0) is 37.5 Å². The molecule has 2 amide bonds. The molecule has 1 aliphatic carbocycles. The lowest BCUT2D eigenvalue weighted by Crippen LogP contribution is -2.55. The summed E-state index contributed by atoms with van der Waals surface area (Å²) in [6.07, 6.45) is 9.01. The zero-order chi connectivity index (χ0) is 16.9. The van der Waals surface area contributed by atoms with Crippen LogP contribution in [-0.2, 0) is 9.59 Å². The van der Waals surface area contributed by atoms with Gasteiger partial charge in [-0.1, -0.05) is 6.07 Å². The Labute approximate surface area is 142 Å². The van der Waals surface area contributed by atoms with Gasteiger partial charge in [0.15, 0.2) is 0 Å². The Kier molecular flexibility index (Phi) is 5.25. The Hall–Kier alpha value is -2.21. The van der Waals surface area contributed by atoms with Crippen molar-refractivity contribution < 1.29 is 9.59 Å². The third-order valence-electron chi connectivity index (χ3n) is 4.58. The summed E-state index contributed by atoms with van der Waals surface area (Å²) in [5.41, 5.74) is 0.912. The van der Waals surface area contributed by atoms with E-state index in [1.54, 1.807) is 24.5 Å². The molecule has 1 aromatic rings. The van der Waals surface area contributed by atoms with E-state index in [1.807, 2.05) is 24.0 Å². The highest BCUT2D eigenvalue weighted by molar-refractivity contribution is 5.91. The molecule has 1 saturated heterocycles. The number of hydrogen-bond acceptors (Lipinski definition) is 4. The van der Waals surface area contributed by atoms with Crippen LogP contribution in [0.5, 0.6) is 0 Å². The fourth-order valence-electron chi connectivity index (χ4n) is 2.79. The van der Waals surface area contributed by atoms with E-state index in [1.165, 1.54) is 0 Å². The summed E-state index contributed by atoms with van der Waals surface area (Å²) in [4.78, 5) is 32.4. The number of carbonyl (C=O) groups excluding carboxylic acids is 2. The van der Waals surface area contributed by atoms with Gasteiger partial charge in [-0.15, -0.1) is 0 Å². The summed E-state index contributed by atoms with van der Waals surface area (Å²) in [6, 6.07) is 4.01. The van der Waals surface area contributed by atoms with Crippen LogP contribution in [0.4, 0.5) is 0 Å². The molecule has 0 spiro atoms. The molecule has 6 heteroatoms. The van der Waals surface area contributed by atoms with Gasteiger partial charge in [-0.25, -0.2) is 0 Å². The number of piperazine rings is 1. The van der Waals surface area contributed by atoms with Crippen LogP contribution in [-0.4, -0.2) is 64.9 Å². The lowest BCUT2D eigenvalue weighted by molar-refractivity contribution is -0.130. The van der Waals surface area contributed by atoms with Crippen molar-refractivity contribution in [1.82, 2.24) is 20.1 Å². The van der Waals surface area contributed by atoms with E-state index in [9.17, 15) is 9.59 Å². The van der Waals surface area contributed by atoms with Gasteiger partial charge in [-0.3, -0.25) is 19.5 Å². The Bertz CT molecular complexity index is 605. The van der Waals surface area contributed by atoms with Crippen molar-refractivity contribution in [2.24, 2.45) is 0 Å². The molecule has 24 heavy (non-hydrogen) atoms. The van der Waals surface area contributed by atoms with E-state index < -0.39 is 0 Å². The van der Waals surface area contributed by atoms with Crippen LogP contribution < -0.4 is 5.32 Å². The topological polar surface area (TPSA) is 65.5 Å². The van der Waals surface area contributed by atoms with Gasteiger partial charge in [0.2, 0.25) is 11.8 Å². The predicted octanol–water partition coefficient (Wildman–Crippen LogP) is 0.906. The normalized spacial score (nSPS) is 20.1. The minimum Gasteiger partial charge on any atom is -0.352 e. The number of amides is 2. The fraction of sp³-hybridized carbons (Fsp3) is 0.500. The van der Waals surface area contributed by atoms with Crippen LogP contribution in [0.2, 0.25) is 0 Å². The monoisotopic (exact) mass is 328 g/mol. The summed E-state index contributed by atoms with van der Waals surface area (Å²) in [6.45, 7) is 4.70. The Morgan fingerprint density at radius 1 is 1.29 bits per heavy atom. The molecular formula is C18H24N4O2. The first-order valence-electron chi connectivity index (χ1n) is 8.55. The first kappa shape index (κ1) is 16.6. The van der Waals surface area contributed by atoms with Crippen molar-refractivity contribution in [1.29, 1.82) is 0 Å². The van der Waals surface area contributed by atoms with Crippen molar-refractivity contribution >= 4 is 17.9 Å². The van der Waals surface area contributed by atoms with Gasteiger partial charge in [0.25, 0.3) is 0 Å². The maximum absolute atomic E-state index is 12.3. The molecule has 1 aromatic heterocycles. The summed E-state index contributed by atoms with van der Waals surface area (Å²) in [5.74, 6) is 0.113. The van der Waals surface area contributed by atoms with Crippen LogP contribution in [0.1, 0.15) is 25.3 Å². The molecule has 2 aliphatic rings. The Balaban J connectivity index is 1.46. The summed E-state index contributed by atoms with van der Waals surface area (Å²) >= 11 is 0. The molecular weight excluding hydrogens is 304 g/mol. The standard InChI is InChI=1S/C18H24N4O2/c1-14(18(24)20-16-5-6-16)21-9-11-22(12-10-21)17(23)7-4-15-3-2-8-19-13-15/h2-4,7-8,13-14,16H,5-6,9-12H2,1H3,(H,20,24)/b7-4+. The summed E-state index contributed by atoms with van der Waals surface area (Å²) < 4.78 is 0. The summed E-state index contributed by atoms with van der Waals surface area (Å²) in [7, 11) is 0. The lowest BCUT2D eigenvalue weighted by Gasteiger charge is -2.37. The van der Waals surface area contributed by atoms with Gasteiger partial charge < -0.3 is 10.2 Å². The van der Waals surface area contributed by atoms with Gasteiger partial charge in [0.05, 0.1) is 6.04 Å². The average Bonchev–Trinajstić information content (AvgIpc) is 3.44. The molecule has 1 N–H and O–H groups in total. The van der Waals surface area contributed by atoms with E-state index in [0.717, 1.165) is 31.5 Å². The quantitative estimate of drug-likeness (QED) is 0.816. The number of pyridine rings is 1. The second-order valence-corrected chi connectivity index (χ2v) is 6.44. The number of aromatic nitrogens is 1. The smallest absolute Gasteiger partial charge is 0.246 e. The van der Waals surface area contributed by atoms with Crippen molar-refractivity contribution in [3.63, 3.8) is 0 Å². The van der Waals surface area contributed by atoms with Crippen LogP contribution in [0.25, 0.3) is 6.08 Å². The summed E-state index contributed by atoms with van der Waals surface area (Å²) in [5, 5.41) is 3.05. The van der Waals surface area contributed by atoms with Crippen LogP contribution >= 0.6 is 0 Å². The van der Waals surface area contributed by atoms with E-state index >= 15 is 0 Å². The van der Waals surface area contributed by atoms with Gasteiger partial charge in [-0.2, -0.15) is 0 Å². The highest BCUT2D eigenvalue weighted by Crippen LogP contribution is 2.19. The highest BCUT2D eigenvalue weighted by atomic mass is 16.2. The van der Waals surface area contributed by atoms with Crippen molar-refractivity contribution in [3.8, 4) is 0 Å². The van der Waals surface area contributed by atoms with E-state index in [0.29, 0.717) is 19.1 Å². The second-order valence-electron chi connectivity index (χ2n) is 6.44. The van der Waals surface area contributed by atoms with E-state index in [2.05, 4.69) is 15.2 Å². The maximum atomic E-state index is 12.3. The minimum atomic E-state index is -0.131. The van der Waals surface area contributed by atoms with Crippen molar-refractivity contribution in [2.45, 2.75) is 31.8 Å². The molecule has 1 aliphatic heterocycles. The highest BCUT2D eigenvalue weighted by Gasteiger charge is 2.30. The SMILES string of the molecule is CC(C(=O)NC1CC1)N1CCN(C(=O)/C=C/c2cccnc2)CC1. The number of nitrogens with zero attached hydrogens (tertiary/aromatic N) is 3. The molecule has 6 nitrogen and oxygen atoms in total. The molecule has 0 bridgehead atoms. The van der Waals surface area contributed by atoms with E-state index in [-0.39, 0.29) is 17.9 Å². The largest absolute Gasteiger partial charge is 0.352 e. The first-order chi connectivity index (χ1) is 11.6. The number of carbonyl (C=O) groups is 2. The zero-order valence-corrected chi connectivity index (χ0v) is 14.0. The second kappa shape index (κ2) is 7.57. The molecule has 1 atom stereocenters. The Morgan fingerprint density at radius 3 is 2.67 bits per heavy atom. The number of rotatable bonds is 5. The third-order valence-corrected chi connectivity index (χ3v) is 4.58. The zero-order valence-electron chi connectivity index (χ0n) is 14.0. The average molecular weight is 328 g/mol. The molecule has 1 unspecified atom stereocenters. The molecule has 0 aromatic carbocycles. The minimum absolute atomic E-state index is 0.00795. The Morgan fingerprint density at radius 2 is 2.04 bits per heavy atom. The van der Waals surface area contributed by atoms with Gasteiger partial charge in [0, 0.05) is 50.7 Å². The molecule has 0 radical (unpaired) electrons. The molecule has 2 heterocycles. The molecule has 1 saturated carbocycles. The van der Waals surface area contributed by atoms with Crippen molar-refractivity contribution in [3.05, 3.63) is 36.2 Å². The fourth-order valence-corrected chi connectivity index (χ4v) is 2.79. The lowest BCUT2D eigenvalue weighted by atomic mass is 10.2. The number of hydrogen-bond donors (Lipinski definition) is 1. The van der Waals surface area contributed by atoms with Gasteiger partial charge in [0.1, 0.15) is 0 Å². The van der Waals surface area contributed by atoms with Crippen molar-refractivity contribution in [2.75, 3.05) is 26.2 Å². The predicted molar refractivity (Wildman–Crippen MR) is 92.1 cm³/mol. The molecule has 128 valence electrons. The van der Waals surface area contributed by atoms with Gasteiger partial charge >= 0.3 is 0 Å². The van der Waals surface area contributed by atoms with Crippen LogP contribution in [0.15, 0.2) is 30.6 Å². The number of nitrogens with one attached hydrogen (secondary N) is 1. The molecule has 3 rings (SSSR count). The van der Waals surface area contributed by atoms with Crippen LogP contribution in [0, 0.1) is 0 Å².